The van der Waals surface area contributed by atoms with E-state index in [1.165, 1.54) is 11.9 Å². The molecule has 1 fully saturated rings. The summed E-state index contributed by atoms with van der Waals surface area (Å²) in [4.78, 5) is 29.9. The highest BCUT2D eigenvalue weighted by Gasteiger charge is 2.46. The second-order valence-corrected chi connectivity index (χ2v) is 10.0. The minimum Gasteiger partial charge on any atom is -0.348 e. The van der Waals surface area contributed by atoms with Crippen molar-refractivity contribution in [3.8, 4) is 0 Å². The van der Waals surface area contributed by atoms with Crippen molar-refractivity contribution in [1.29, 1.82) is 0 Å². The van der Waals surface area contributed by atoms with Gasteiger partial charge in [-0.05, 0) is 77.7 Å². The molecule has 0 bridgehead atoms. The van der Waals surface area contributed by atoms with Gasteiger partial charge in [0.25, 0.3) is 11.5 Å². The third kappa shape index (κ3) is 4.81. The minimum atomic E-state index is -4.28. The lowest BCUT2D eigenvalue weighted by Crippen LogP contribution is -2.49. The summed E-state index contributed by atoms with van der Waals surface area (Å²) in [5.74, 6) is -0.502. The van der Waals surface area contributed by atoms with Crippen LogP contribution >= 0.6 is 0 Å². The first-order valence-corrected chi connectivity index (χ1v) is 12.2. The number of nitrogens with one attached hydrogen (secondary N) is 2. The number of H-pyrrole nitrogens is 1. The topological polar surface area (TPSA) is 70.1 Å². The maximum absolute atomic E-state index is 13.7. The molecular formula is C27H33F3N4O2. The number of carbonyl (C=O) groups is 1. The van der Waals surface area contributed by atoms with Gasteiger partial charge in [-0.2, -0.15) is 13.2 Å². The van der Waals surface area contributed by atoms with Gasteiger partial charge in [0.1, 0.15) is 6.04 Å². The van der Waals surface area contributed by atoms with Gasteiger partial charge in [-0.15, -0.1) is 0 Å². The third-order valence-electron chi connectivity index (χ3n) is 7.68. The number of piperidine rings is 1. The Morgan fingerprint density at radius 1 is 1.22 bits per heavy atom. The number of rotatable bonds is 5. The van der Waals surface area contributed by atoms with Crippen molar-refractivity contribution in [1.82, 2.24) is 19.8 Å². The number of aromatic amines is 1. The average Bonchev–Trinajstić information content (AvgIpc) is 3.09. The summed E-state index contributed by atoms with van der Waals surface area (Å²) in [6.07, 6.45) is -3.62. The normalized spacial score (nSPS) is 20.0. The third-order valence-corrected chi connectivity index (χ3v) is 7.68. The summed E-state index contributed by atoms with van der Waals surface area (Å²) in [6.45, 7) is 7.87. The zero-order chi connectivity index (χ0) is 26.4. The van der Waals surface area contributed by atoms with Crippen LogP contribution in [0.2, 0.25) is 0 Å². The van der Waals surface area contributed by atoms with Crippen LogP contribution in [0.3, 0.4) is 0 Å². The van der Waals surface area contributed by atoms with Crippen LogP contribution in [0.15, 0.2) is 35.1 Å². The molecule has 1 aromatic carbocycles. The highest BCUT2D eigenvalue weighted by molar-refractivity contribution is 6.08. The van der Waals surface area contributed by atoms with E-state index in [1.54, 1.807) is 6.92 Å². The van der Waals surface area contributed by atoms with Gasteiger partial charge >= 0.3 is 6.18 Å². The quantitative estimate of drug-likeness (QED) is 0.515. The molecule has 1 saturated heterocycles. The highest BCUT2D eigenvalue weighted by Crippen LogP contribution is 2.40. The lowest BCUT2D eigenvalue weighted by Gasteiger charge is -2.40. The number of benzene rings is 1. The van der Waals surface area contributed by atoms with Crippen LogP contribution in [0.25, 0.3) is 10.9 Å². The molecule has 3 heterocycles. The van der Waals surface area contributed by atoms with E-state index in [4.69, 9.17) is 0 Å². The SMILES string of the molecule is Cc1cc(C)c(CNC(=O)c2c(C)n(C(C)C3CCN(C)C(C(F)(F)F)C3)c3ccccc23)c(=O)[nH]1. The van der Waals surface area contributed by atoms with Crippen LogP contribution < -0.4 is 10.9 Å². The van der Waals surface area contributed by atoms with Gasteiger partial charge in [-0.3, -0.25) is 14.5 Å². The number of amides is 1. The summed E-state index contributed by atoms with van der Waals surface area (Å²) in [5.41, 5.74) is 3.82. The molecule has 194 valence electrons. The van der Waals surface area contributed by atoms with Gasteiger partial charge in [-0.1, -0.05) is 18.2 Å². The number of hydrogen-bond acceptors (Lipinski definition) is 3. The molecule has 4 rings (SSSR count). The number of carbonyl (C=O) groups excluding carboxylic acids is 1. The number of nitrogens with zero attached hydrogens (tertiary/aromatic N) is 2. The van der Waals surface area contributed by atoms with Crippen molar-refractivity contribution in [2.45, 2.75) is 65.3 Å². The summed E-state index contributed by atoms with van der Waals surface area (Å²) >= 11 is 0. The zero-order valence-electron chi connectivity index (χ0n) is 21.3. The minimum absolute atomic E-state index is 0.0180. The van der Waals surface area contributed by atoms with Crippen molar-refractivity contribution in [3.63, 3.8) is 0 Å². The van der Waals surface area contributed by atoms with Gasteiger partial charge in [-0.25, -0.2) is 0 Å². The monoisotopic (exact) mass is 502 g/mol. The number of aryl methyl sites for hydroxylation is 2. The fourth-order valence-corrected chi connectivity index (χ4v) is 5.70. The van der Waals surface area contributed by atoms with Crippen molar-refractivity contribution in [3.05, 3.63) is 68.8 Å². The maximum atomic E-state index is 13.7. The average molecular weight is 503 g/mol. The molecular weight excluding hydrogens is 469 g/mol. The van der Waals surface area contributed by atoms with Gasteiger partial charge in [0.15, 0.2) is 0 Å². The predicted octanol–water partition coefficient (Wildman–Crippen LogP) is 5.02. The summed E-state index contributed by atoms with van der Waals surface area (Å²) in [5, 5.41) is 3.63. The second-order valence-electron chi connectivity index (χ2n) is 10.0. The first kappa shape index (κ1) is 26.0. The number of aromatic nitrogens is 2. The second kappa shape index (κ2) is 9.76. The standard InChI is InChI=1S/C27H33F3N4O2/c1-15-12-16(2)32-25(35)21(15)14-31-26(36)24-18(4)34(22-9-7-6-8-20(22)24)17(3)19-10-11-33(5)23(13-19)27(28,29)30/h6-9,12,17,19,23H,10-11,13-14H2,1-5H3,(H,31,36)(H,32,35). The van der Waals surface area contributed by atoms with Crippen LogP contribution in [0.1, 0.15) is 58.7 Å². The molecule has 2 N–H and O–H groups in total. The Balaban J connectivity index is 1.66. The zero-order valence-corrected chi connectivity index (χ0v) is 21.3. The van der Waals surface area contributed by atoms with Crippen molar-refractivity contribution in [2.75, 3.05) is 13.6 Å². The van der Waals surface area contributed by atoms with Crippen molar-refractivity contribution < 1.29 is 18.0 Å². The molecule has 3 aromatic rings. The molecule has 9 heteroatoms. The molecule has 3 unspecified atom stereocenters. The van der Waals surface area contributed by atoms with E-state index in [2.05, 4.69) is 10.3 Å². The molecule has 1 amide bonds. The van der Waals surface area contributed by atoms with Crippen LogP contribution in [-0.4, -0.2) is 46.2 Å². The van der Waals surface area contributed by atoms with E-state index in [1.807, 2.05) is 55.7 Å². The van der Waals surface area contributed by atoms with Gasteiger partial charge in [0.05, 0.1) is 5.56 Å². The van der Waals surface area contributed by atoms with Gasteiger partial charge in [0, 0.05) is 40.4 Å². The molecule has 6 nitrogen and oxygen atoms in total. The van der Waals surface area contributed by atoms with Gasteiger partial charge in [0.2, 0.25) is 0 Å². The number of alkyl halides is 3. The van der Waals surface area contributed by atoms with Crippen LogP contribution in [0.5, 0.6) is 0 Å². The smallest absolute Gasteiger partial charge is 0.348 e. The fraction of sp³-hybridized carbons (Fsp3) is 0.481. The molecule has 0 spiro atoms. The van der Waals surface area contributed by atoms with E-state index in [0.717, 1.165) is 22.2 Å². The van der Waals surface area contributed by atoms with E-state index in [0.29, 0.717) is 29.8 Å². The fourth-order valence-electron chi connectivity index (χ4n) is 5.70. The Kier molecular flexibility index (Phi) is 7.05. The van der Waals surface area contributed by atoms with E-state index in [-0.39, 0.29) is 36.4 Å². The number of fused-ring (bicyclic) bond motifs is 1. The van der Waals surface area contributed by atoms with E-state index >= 15 is 0 Å². The van der Waals surface area contributed by atoms with E-state index < -0.39 is 12.2 Å². The Hall–Kier alpha value is -3.07. The van der Waals surface area contributed by atoms with Crippen molar-refractivity contribution >= 4 is 16.8 Å². The number of para-hydroxylation sites is 1. The first-order chi connectivity index (χ1) is 16.9. The van der Waals surface area contributed by atoms with E-state index in [9.17, 15) is 22.8 Å². The first-order valence-electron chi connectivity index (χ1n) is 12.2. The molecule has 1 aliphatic heterocycles. The molecule has 0 aliphatic carbocycles. The Labute approximate surface area is 208 Å². The highest BCUT2D eigenvalue weighted by atomic mass is 19.4. The summed E-state index contributed by atoms with van der Waals surface area (Å²) in [6, 6.07) is 7.64. The lowest BCUT2D eigenvalue weighted by atomic mass is 9.85. The molecule has 0 radical (unpaired) electrons. The van der Waals surface area contributed by atoms with Crippen LogP contribution in [-0.2, 0) is 6.54 Å². The number of pyridine rings is 1. The Morgan fingerprint density at radius 3 is 2.58 bits per heavy atom. The Bertz CT molecular complexity index is 1340. The summed E-state index contributed by atoms with van der Waals surface area (Å²) in [7, 11) is 1.53. The molecule has 2 aromatic heterocycles. The molecule has 3 atom stereocenters. The molecule has 1 aliphatic rings. The molecule has 0 saturated carbocycles. The van der Waals surface area contributed by atoms with Crippen molar-refractivity contribution in [2.24, 2.45) is 5.92 Å². The predicted molar refractivity (Wildman–Crippen MR) is 134 cm³/mol. The number of hydrogen-bond donors (Lipinski definition) is 2. The largest absolute Gasteiger partial charge is 0.404 e. The number of halogens is 3. The molecule has 36 heavy (non-hydrogen) atoms. The van der Waals surface area contributed by atoms with Crippen LogP contribution in [0, 0.1) is 26.7 Å². The maximum Gasteiger partial charge on any atom is 0.404 e. The number of likely N-dealkylation sites (tertiary alicyclic amines) is 1. The van der Waals surface area contributed by atoms with Crippen LogP contribution in [0.4, 0.5) is 13.2 Å². The van der Waals surface area contributed by atoms with Gasteiger partial charge < -0.3 is 14.9 Å². The Morgan fingerprint density at radius 2 is 1.92 bits per heavy atom. The summed E-state index contributed by atoms with van der Waals surface area (Å²) < 4.78 is 43.0. The lowest BCUT2D eigenvalue weighted by molar-refractivity contribution is -0.192.